The number of aryl methyl sites for hydroxylation is 1. The van der Waals surface area contributed by atoms with Gasteiger partial charge in [-0.1, -0.05) is 40.6 Å². The Morgan fingerprint density at radius 2 is 2.12 bits per heavy atom. The molecule has 3 aromatic rings. The van der Waals surface area contributed by atoms with Gasteiger partial charge < -0.3 is 29.8 Å². The van der Waals surface area contributed by atoms with Crippen LogP contribution >= 0.6 is 34.5 Å². The minimum Gasteiger partial charge on any atom is -0.478 e. The third kappa shape index (κ3) is 5.01. The minimum atomic E-state index is -0.985. The van der Waals surface area contributed by atoms with Gasteiger partial charge in [0.25, 0.3) is 5.91 Å². The summed E-state index contributed by atoms with van der Waals surface area (Å²) in [6.45, 7) is 3.59. The lowest BCUT2D eigenvalue weighted by atomic mass is 10.0. The number of aromatic carboxylic acids is 1. The van der Waals surface area contributed by atoms with Crippen LogP contribution in [0.25, 0.3) is 10.2 Å². The van der Waals surface area contributed by atoms with E-state index < -0.39 is 5.97 Å². The number of carboxylic acids is 1. The molecule has 0 spiro atoms. The zero-order chi connectivity index (χ0) is 24.4. The molecule has 4 rings (SSSR count). The standard InChI is InChI=1S/C22H24Cl2N4O5S/c1-11-16(23)17(24)18(25-11)20(29)26-13-6-7-28(10-15(13)33-9-8-32-2)22-27-14-5-3-4-12(21(30)31)19(14)34-22/h3-5,13,15,25H,6-10H2,1-2H3,(H,26,29)(H,30,31)/t13-,15+/m1/s1. The van der Waals surface area contributed by atoms with Gasteiger partial charge in [0.2, 0.25) is 0 Å². The Morgan fingerprint density at radius 3 is 2.79 bits per heavy atom. The van der Waals surface area contributed by atoms with Crippen molar-refractivity contribution in [1.82, 2.24) is 15.3 Å². The monoisotopic (exact) mass is 526 g/mol. The highest BCUT2D eigenvalue weighted by molar-refractivity contribution is 7.22. The second kappa shape index (κ2) is 10.5. The van der Waals surface area contributed by atoms with E-state index in [0.29, 0.717) is 58.8 Å². The summed E-state index contributed by atoms with van der Waals surface area (Å²) in [6, 6.07) is 4.79. The summed E-state index contributed by atoms with van der Waals surface area (Å²) < 4.78 is 11.8. The summed E-state index contributed by atoms with van der Waals surface area (Å²) >= 11 is 13.7. The van der Waals surface area contributed by atoms with Crippen molar-refractivity contribution >= 4 is 61.8 Å². The van der Waals surface area contributed by atoms with Crippen LogP contribution in [0.4, 0.5) is 5.13 Å². The van der Waals surface area contributed by atoms with Crippen molar-refractivity contribution in [3.05, 3.63) is 45.2 Å². The number of carboxylic acid groups (broad SMARTS) is 1. The Labute approximate surface area is 210 Å². The number of ether oxygens (including phenoxy) is 2. The van der Waals surface area contributed by atoms with Gasteiger partial charge in [0.05, 0.1) is 51.2 Å². The third-order valence-corrected chi connectivity index (χ3v) is 7.79. The zero-order valence-electron chi connectivity index (χ0n) is 18.6. The molecule has 2 atom stereocenters. The van der Waals surface area contributed by atoms with E-state index in [9.17, 15) is 14.7 Å². The van der Waals surface area contributed by atoms with Crippen LogP contribution in [0.2, 0.25) is 10.0 Å². The highest BCUT2D eigenvalue weighted by Crippen LogP contribution is 2.34. The molecule has 12 heteroatoms. The van der Waals surface area contributed by atoms with Gasteiger partial charge in [-0.3, -0.25) is 4.79 Å². The minimum absolute atomic E-state index is 0.190. The number of carbonyl (C=O) groups excluding carboxylic acids is 1. The molecule has 3 heterocycles. The topological polar surface area (TPSA) is 117 Å². The normalized spacial score (nSPS) is 18.4. The first-order chi connectivity index (χ1) is 16.3. The molecule has 1 fully saturated rings. The number of piperidine rings is 1. The summed E-state index contributed by atoms with van der Waals surface area (Å²) in [5.41, 5.74) is 1.71. The molecule has 1 saturated heterocycles. The number of anilines is 1. The smallest absolute Gasteiger partial charge is 0.337 e. The lowest BCUT2D eigenvalue weighted by Crippen LogP contribution is -2.55. The molecule has 1 amide bonds. The molecular formula is C22H24Cl2N4O5S. The Morgan fingerprint density at radius 1 is 1.32 bits per heavy atom. The fourth-order valence-electron chi connectivity index (χ4n) is 3.92. The Hall–Kier alpha value is -2.37. The quantitative estimate of drug-likeness (QED) is 0.380. The number of fused-ring (bicyclic) bond motifs is 1. The molecule has 3 N–H and O–H groups in total. The molecule has 0 saturated carbocycles. The van der Waals surface area contributed by atoms with Crippen molar-refractivity contribution in [2.24, 2.45) is 0 Å². The van der Waals surface area contributed by atoms with Crippen LogP contribution in [0.5, 0.6) is 0 Å². The number of hydrogen-bond acceptors (Lipinski definition) is 7. The van der Waals surface area contributed by atoms with Crippen LogP contribution in [0.3, 0.4) is 0 Å². The van der Waals surface area contributed by atoms with Crippen molar-refractivity contribution in [2.45, 2.75) is 25.5 Å². The zero-order valence-corrected chi connectivity index (χ0v) is 20.9. The fourth-order valence-corrected chi connectivity index (χ4v) is 5.44. The van der Waals surface area contributed by atoms with Gasteiger partial charge in [-0.05, 0) is 25.5 Å². The molecule has 0 bridgehead atoms. The maximum atomic E-state index is 12.9. The van der Waals surface area contributed by atoms with E-state index in [1.54, 1.807) is 32.2 Å². The second-order valence-corrected chi connectivity index (χ2v) is 9.66. The summed E-state index contributed by atoms with van der Waals surface area (Å²) in [4.78, 5) is 34.1. The number of nitrogens with zero attached hydrogens (tertiary/aromatic N) is 2. The molecule has 1 aromatic carbocycles. The number of nitrogens with one attached hydrogen (secondary N) is 2. The van der Waals surface area contributed by atoms with Gasteiger partial charge in [-0.15, -0.1) is 0 Å². The van der Waals surface area contributed by atoms with E-state index in [1.807, 2.05) is 0 Å². The van der Waals surface area contributed by atoms with E-state index in [-0.39, 0.29) is 34.3 Å². The molecule has 34 heavy (non-hydrogen) atoms. The molecule has 9 nitrogen and oxygen atoms in total. The average Bonchev–Trinajstić information content (AvgIpc) is 3.36. The molecule has 0 aliphatic carbocycles. The molecular weight excluding hydrogens is 503 g/mol. The lowest BCUT2D eigenvalue weighted by Gasteiger charge is -2.38. The van der Waals surface area contributed by atoms with Gasteiger partial charge in [0.1, 0.15) is 5.69 Å². The Bertz CT molecular complexity index is 1210. The number of benzene rings is 1. The molecule has 182 valence electrons. The van der Waals surface area contributed by atoms with Crippen molar-refractivity contribution in [3.63, 3.8) is 0 Å². The molecule has 0 radical (unpaired) electrons. The Balaban J connectivity index is 1.53. The van der Waals surface area contributed by atoms with E-state index in [2.05, 4.69) is 20.2 Å². The van der Waals surface area contributed by atoms with Crippen LogP contribution in [-0.4, -0.2) is 72.5 Å². The van der Waals surface area contributed by atoms with Crippen LogP contribution in [0.15, 0.2) is 18.2 Å². The third-order valence-electron chi connectivity index (χ3n) is 5.68. The number of rotatable bonds is 8. The Kier molecular flexibility index (Phi) is 7.63. The van der Waals surface area contributed by atoms with Gasteiger partial charge in [-0.2, -0.15) is 0 Å². The largest absolute Gasteiger partial charge is 0.478 e. The molecule has 1 aliphatic heterocycles. The van der Waals surface area contributed by atoms with E-state index in [1.165, 1.54) is 11.3 Å². The summed E-state index contributed by atoms with van der Waals surface area (Å²) in [5, 5.41) is 13.7. The number of hydrogen-bond donors (Lipinski definition) is 3. The van der Waals surface area contributed by atoms with Crippen molar-refractivity contribution in [1.29, 1.82) is 0 Å². The molecule has 1 aliphatic rings. The average molecular weight is 527 g/mol. The number of thiazole rings is 1. The lowest BCUT2D eigenvalue weighted by molar-refractivity contribution is -0.00497. The first-order valence-electron chi connectivity index (χ1n) is 10.6. The number of aromatic amines is 1. The van der Waals surface area contributed by atoms with E-state index >= 15 is 0 Å². The second-order valence-electron chi connectivity index (χ2n) is 7.93. The predicted molar refractivity (Wildman–Crippen MR) is 132 cm³/mol. The van der Waals surface area contributed by atoms with E-state index in [4.69, 9.17) is 32.7 Å². The number of amides is 1. The van der Waals surface area contributed by atoms with Gasteiger partial charge >= 0.3 is 5.97 Å². The first-order valence-corrected chi connectivity index (χ1v) is 12.2. The first kappa shape index (κ1) is 24.7. The van der Waals surface area contributed by atoms with Gasteiger partial charge in [0, 0.05) is 25.9 Å². The highest BCUT2D eigenvalue weighted by atomic mass is 35.5. The number of H-pyrrole nitrogens is 1. The highest BCUT2D eigenvalue weighted by Gasteiger charge is 2.33. The number of methoxy groups -OCH3 is 1. The molecule has 0 unspecified atom stereocenters. The van der Waals surface area contributed by atoms with Gasteiger partial charge in [-0.25, -0.2) is 9.78 Å². The summed E-state index contributed by atoms with van der Waals surface area (Å²) in [6.07, 6.45) is 0.250. The predicted octanol–water partition coefficient (Wildman–Crippen LogP) is 3.98. The number of carbonyl (C=O) groups is 2. The van der Waals surface area contributed by atoms with Crippen molar-refractivity contribution < 1.29 is 24.2 Å². The van der Waals surface area contributed by atoms with Crippen LogP contribution < -0.4 is 10.2 Å². The van der Waals surface area contributed by atoms with Crippen molar-refractivity contribution in [3.8, 4) is 0 Å². The summed E-state index contributed by atoms with van der Waals surface area (Å²) in [7, 11) is 1.59. The SMILES string of the molecule is COCCO[C@H]1CN(c2nc3cccc(C(=O)O)c3s2)CC[C@H]1NC(=O)c1[nH]c(C)c(Cl)c1Cl. The number of halogens is 2. The number of aromatic nitrogens is 2. The maximum absolute atomic E-state index is 12.9. The van der Waals surface area contributed by atoms with Crippen molar-refractivity contribution in [2.75, 3.05) is 38.3 Å². The molecule has 2 aromatic heterocycles. The van der Waals surface area contributed by atoms with Gasteiger partial charge in [0.15, 0.2) is 5.13 Å². The summed E-state index contributed by atoms with van der Waals surface area (Å²) in [5.74, 6) is -1.34. The maximum Gasteiger partial charge on any atom is 0.337 e. The van der Waals surface area contributed by atoms with Crippen LogP contribution in [0, 0.1) is 6.92 Å². The van der Waals surface area contributed by atoms with Crippen LogP contribution in [0.1, 0.15) is 33.0 Å². The van der Waals surface area contributed by atoms with Crippen LogP contribution in [-0.2, 0) is 9.47 Å². The fraction of sp³-hybridized carbons (Fsp3) is 0.409. The van der Waals surface area contributed by atoms with E-state index in [0.717, 1.165) is 0 Å².